The number of carbonyl (C=O) groups is 1. The minimum atomic E-state index is -0.439. The molecule has 0 saturated carbocycles. The zero-order chi connectivity index (χ0) is 20.8. The highest BCUT2D eigenvalue weighted by atomic mass is 32.2. The van der Waals surface area contributed by atoms with Gasteiger partial charge in [-0.2, -0.15) is 4.99 Å². The standard InChI is InChI=1S/C19H19N3O5S2/c1-26-10-9-21-16-11-13(22(24)25)3-8-17(16)29-19(21)20-18(23)12-28-15-6-4-14(27-2)5-7-15/h3-8,11H,9-10,12H2,1-2H3. The van der Waals surface area contributed by atoms with E-state index in [1.807, 2.05) is 24.3 Å². The molecule has 8 nitrogen and oxygen atoms in total. The second-order valence-electron chi connectivity index (χ2n) is 5.91. The molecule has 3 aromatic rings. The minimum Gasteiger partial charge on any atom is -0.497 e. The number of carbonyl (C=O) groups excluding carboxylic acids is 1. The van der Waals surface area contributed by atoms with Crippen LogP contribution in [0.5, 0.6) is 5.75 Å². The summed E-state index contributed by atoms with van der Waals surface area (Å²) in [5, 5.41) is 11.1. The summed E-state index contributed by atoms with van der Waals surface area (Å²) in [7, 11) is 3.17. The van der Waals surface area contributed by atoms with Crippen molar-refractivity contribution in [1.82, 2.24) is 4.57 Å². The average molecular weight is 434 g/mol. The Morgan fingerprint density at radius 3 is 2.66 bits per heavy atom. The Balaban J connectivity index is 1.86. The smallest absolute Gasteiger partial charge is 0.271 e. The van der Waals surface area contributed by atoms with Crippen molar-refractivity contribution in [1.29, 1.82) is 0 Å². The largest absolute Gasteiger partial charge is 0.497 e. The first-order valence-electron chi connectivity index (χ1n) is 8.63. The molecule has 1 aromatic heterocycles. The Hall–Kier alpha value is -2.69. The number of rotatable bonds is 8. The number of methoxy groups -OCH3 is 2. The molecule has 3 rings (SSSR count). The second-order valence-corrected chi connectivity index (χ2v) is 7.97. The van der Waals surface area contributed by atoms with Crippen molar-refractivity contribution in [2.24, 2.45) is 4.99 Å². The van der Waals surface area contributed by atoms with Crippen LogP contribution >= 0.6 is 23.1 Å². The van der Waals surface area contributed by atoms with Crippen LogP contribution < -0.4 is 9.54 Å². The van der Waals surface area contributed by atoms with E-state index in [1.165, 1.54) is 35.2 Å². The van der Waals surface area contributed by atoms with Gasteiger partial charge in [-0.15, -0.1) is 11.8 Å². The van der Waals surface area contributed by atoms with Gasteiger partial charge in [-0.3, -0.25) is 14.9 Å². The highest BCUT2D eigenvalue weighted by Gasteiger charge is 2.13. The molecule has 0 fully saturated rings. The summed E-state index contributed by atoms with van der Waals surface area (Å²) in [5.74, 6) is 0.660. The summed E-state index contributed by atoms with van der Waals surface area (Å²) < 4.78 is 12.9. The SMILES string of the molecule is COCCn1c(=NC(=O)CSc2ccc(OC)cc2)sc2ccc([N+](=O)[O-])cc21. The summed E-state index contributed by atoms with van der Waals surface area (Å²) in [6, 6.07) is 12.1. The molecule has 10 heteroatoms. The fourth-order valence-electron chi connectivity index (χ4n) is 2.61. The molecule has 2 aromatic carbocycles. The van der Waals surface area contributed by atoms with E-state index in [-0.39, 0.29) is 17.3 Å². The van der Waals surface area contributed by atoms with E-state index in [0.29, 0.717) is 23.5 Å². The first-order chi connectivity index (χ1) is 14.0. The van der Waals surface area contributed by atoms with Crippen LogP contribution in [0, 0.1) is 10.1 Å². The van der Waals surface area contributed by atoms with E-state index in [1.54, 1.807) is 24.9 Å². The number of amides is 1. The predicted molar refractivity (Wildman–Crippen MR) is 113 cm³/mol. The van der Waals surface area contributed by atoms with Crippen molar-refractivity contribution in [2.75, 3.05) is 26.6 Å². The van der Waals surface area contributed by atoms with Gasteiger partial charge in [-0.1, -0.05) is 11.3 Å². The third kappa shape index (κ3) is 5.22. The molecule has 0 N–H and O–H groups in total. The van der Waals surface area contributed by atoms with Gasteiger partial charge >= 0.3 is 0 Å². The third-order valence-electron chi connectivity index (χ3n) is 4.04. The molecule has 0 aliphatic carbocycles. The summed E-state index contributed by atoms with van der Waals surface area (Å²) >= 11 is 2.71. The van der Waals surface area contributed by atoms with E-state index in [2.05, 4.69) is 4.99 Å². The molecule has 152 valence electrons. The van der Waals surface area contributed by atoms with Crippen molar-refractivity contribution in [3.8, 4) is 5.75 Å². The zero-order valence-electron chi connectivity index (χ0n) is 15.9. The van der Waals surface area contributed by atoms with E-state index in [9.17, 15) is 14.9 Å². The number of hydrogen-bond acceptors (Lipinski definition) is 7. The van der Waals surface area contributed by atoms with Crippen molar-refractivity contribution in [3.63, 3.8) is 0 Å². The monoisotopic (exact) mass is 433 g/mol. The fourth-order valence-corrected chi connectivity index (χ4v) is 4.35. The van der Waals surface area contributed by atoms with Gasteiger partial charge in [0.05, 0.1) is 34.6 Å². The normalized spacial score (nSPS) is 11.7. The lowest BCUT2D eigenvalue weighted by Gasteiger charge is -2.04. The van der Waals surface area contributed by atoms with Crippen molar-refractivity contribution >= 4 is 44.9 Å². The van der Waals surface area contributed by atoms with Gasteiger partial charge in [0.2, 0.25) is 0 Å². The van der Waals surface area contributed by atoms with Gasteiger partial charge in [-0.05, 0) is 30.3 Å². The molecule has 29 heavy (non-hydrogen) atoms. The first kappa shape index (κ1) is 21.0. The van der Waals surface area contributed by atoms with Crippen LogP contribution in [-0.4, -0.2) is 42.0 Å². The minimum absolute atomic E-state index is 0.00518. The quantitative estimate of drug-likeness (QED) is 0.307. The van der Waals surface area contributed by atoms with Crippen molar-refractivity contribution in [3.05, 3.63) is 57.4 Å². The number of benzene rings is 2. The number of aromatic nitrogens is 1. The molecule has 0 radical (unpaired) electrons. The lowest BCUT2D eigenvalue weighted by molar-refractivity contribution is -0.384. The van der Waals surface area contributed by atoms with E-state index in [0.717, 1.165) is 15.3 Å². The molecule has 0 bridgehead atoms. The fraction of sp³-hybridized carbons (Fsp3) is 0.263. The number of thioether (sulfide) groups is 1. The number of nitro groups is 1. The van der Waals surface area contributed by atoms with E-state index >= 15 is 0 Å². The molecule has 0 saturated heterocycles. The van der Waals surface area contributed by atoms with Crippen LogP contribution in [0.1, 0.15) is 0 Å². The van der Waals surface area contributed by atoms with Crippen molar-refractivity contribution < 1.29 is 19.2 Å². The highest BCUT2D eigenvalue weighted by molar-refractivity contribution is 8.00. The second kappa shape index (κ2) is 9.68. The highest BCUT2D eigenvalue weighted by Crippen LogP contribution is 2.24. The van der Waals surface area contributed by atoms with Crippen LogP contribution in [0.15, 0.2) is 52.4 Å². The molecule has 0 aliphatic rings. The maximum absolute atomic E-state index is 12.4. The third-order valence-corrected chi connectivity index (χ3v) is 6.09. The number of thiazole rings is 1. The van der Waals surface area contributed by atoms with Crippen LogP contribution in [0.25, 0.3) is 10.2 Å². The van der Waals surface area contributed by atoms with Gasteiger partial charge in [0, 0.05) is 30.7 Å². The molecule has 0 aliphatic heterocycles. The molecular formula is C19H19N3O5S2. The Labute approximate surface area is 174 Å². The Kier molecular flexibility index (Phi) is 7.02. The van der Waals surface area contributed by atoms with Crippen LogP contribution in [0.2, 0.25) is 0 Å². The molecule has 0 spiro atoms. The molecular weight excluding hydrogens is 414 g/mol. The van der Waals surface area contributed by atoms with Crippen molar-refractivity contribution in [2.45, 2.75) is 11.4 Å². The maximum atomic E-state index is 12.4. The topological polar surface area (TPSA) is 96.0 Å². The number of ether oxygens (including phenoxy) is 2. The van der Waals surface area contributed by atoms with E-state index in [4.69, 9.17) is 9.47 Å². The number of nitrogens with zero attached hydrogens (tertiary/aromatic N) is 3. The molecule has 1 heterocycles. The van der Waals surface area contributed by atoms with Gasteiger partial charge in [0.1, 0.15) is 5.75 Å². The summed E-state index contributed by atoms with van der Waals surface area (Å²) in [5.41, 5.74) is 0.657. The Morgan fingerprint density at radius 1 is 1.24 bits per heavy atom. The first-order valence-corrected chi connectivity index (χ1v) is 10.4. The van der Waals surface area contributed by atoms with Crippen LogP contribution in [0.4, 0.5) is 5.69 Å². The van der Waals surface area contributed by atoms with Gasteiger partial charge < -0.3 is 14.0 Å². The zero-order valence-corrected chi connectivity index (χ0v) is 17.5. The summed E-state index contributed by atoms with van der Waals surface area (Å²) in [6.45, 7) is 0.839. The van der Waals surface area contributed by atoms with Gasteiger partial charge in [0.15, 0.2) is 4.80 Å². The Morgan fingerprint density at radius 2 is 2.00 bits per heavy atom. The lowest BCUT2D eigenvalue weighted by atomic mass is 10.3. The molecule has 1 amide bonds. The van der Waals surface area contributed by atoms with Gasteiger partial charge in [0.25, 0.3) is 11.6 Å². The number of non-ortho nitro benzene ring substituents is 1. The van der Waals surface area contributed by atoms with Gasteiger partial charge in [-0.25, -0.2) is 0 Å². The number of nitro benzene ring substituents is 1. The van der Waals surface area contributed by atoms with Crippen LogP contribution in [0.3, 0.4) is 0 Å². The number of hydrogen-bond donors (Lipinski definition) is 0. The van der Waals surface area contributed by atoms with E-state index < -0.39 is 4.92 Å². The average Bonchev–Trinajstić information content (AvgIpc) is 3.07. The molecule has 0 atom stereocenters. The molecule has 0 unspecified atom stereocenters. The predicted octanol–water partition coefficient (Wildman–Crippen LogP) is 3.49. The summed E-state index contributed by atoms with van der Waals surface area (Å²) in [6.07, 6.45) is 0. The number of fused-ring (bicyclic) bond motifs is 1. The van der Waals surface area contributed by atoms with Crippen LogP contribution in [-0.2, 0) is 16.1 Å². The summed E-state index contributed by atoms with van der Waals surface area (Å²) in [4.78, 5) is 28.8. The maximum Gasteiger partial charge on any atom is 0.271 e. The lowest BCUT2D eigenvalue weighted by Crippen LogP contribution is -2.19. The Bertz CT molecular complexity index is 1090.